The average Bonchev–Trinajstić information content (AvgIpc) is 3.24. The molecule has 0 unspecified atom stereocenters. The first kappa shape index (κ1) is 24.2. The molecular formula is C29H25F3N4O2. The van der Waals surface area contributed by atoms with Crippen molar-refractivity contribution in [3.63, 3.8) is 0 Å². The molecule has 5 aromatic rings. The Bertz CT molecular complexity index is 1700. The molecule has 6 nitrogen and oxygen atoms in total. The minimum Gasteiger partial charge on any atom is -0.490 e. The maximum Gasteiger partial charge on any atom is 0.280 e. The van der Waals surface area contributed by atoms with Gasteiger partial charge in [-0.2, -0.15) is 4.98 Å². The van der Waals surface area contributed by atoms with Crippen molar-refractivity contribution in [1.29, 1.82) is 0 Å². The number of hydrogen-bond donors (Lipinski definition) is 0. The molecule has 0 bridgehead atoms. The van der Waals surface area contributed by atoms with E-state index in [0.717, 1.165) is 42.5 Å². The van der Waals surface area contributed by atoms with Crippen LogP contribution in [0.15, 0.2) is 65.7 Å². The zero-order chi connectivity index (χ0) is 26.4. The van der Waals surface area contributed by atoms with E-state index in [0.29, 0.717) is 29.3 Å². The summed E-state index contributed by atoms with van der Waals surface area (Å²) in [6.45, 7) is -0.242. The van der Waals surface area contributed by atoms with Crippen molar-refractivity contribution < 1.29 is 17.9 Å². The number of aryl methyl sites for hydroxylation is 1. The van der Waals surface area contributed by atoms with Crippen LogP contribution in [0.3, 0.4) is 0 Å². The summed E-state index contributed by atoms with van der Waals surface area (Å²) in [7, 11) is 2.06. The number of rotatable bonds is 5. The predicted molar refractivity (Wildman–Crippen MR) is 138 cm³/mol. The van der Waals surface area contributed by atoms with Crippen molar-refractivity contribution in [1.82, 2.24) is 19.1 Å². The standard InChI is InChI=1S/C29H25F3N4O2/c1-35-27-5-3-2-4-25(27)34-28(35)17-6-8-19(9-7-17)38-20-10-11-26-21(14-20)29(37)33-16-36(26)15-22-23(31)12-18(30)13-24(22)32/h2-5,10-14,16-17,19H,6-9,15H2,1H3. The molecule has 1 saturated carbocycles. The average molecular weight is 519 g/mol. The summed E-state index contributed by atoms with van der Waals surface area (Å²) in [4.78, 5) is 21.2. The fourth-order valence-electron chi connectivity index (χ4n) is 5.44. The summed E-state index contributed by atoms with van der Waals surface area (Å²) in [5.74, 6) is -0.995. The summed E-state index contributed by atoms with van der Waals surface area (Å²) < 4.78 is 51.6. The molecule has 1 fully saturated rings. The van der Waals surface area contributed by atoms with Crippen molar-refractivity contribution in [2.24, 2.45) is 7.05 Å². The van der Waals surface area contributed by atoms with Gasteiger partial charge in [0, 0.05) is 30.7 Å². The van der Waals surface area contributed by atoms with Gasteiger partial charge in [-0.15, -0.1) is 0 Å². The Hall–Kier alpha value is -4.14. The van der Waals surface area contributed by atoms with Crippen LogP contribution < -0.4 is 10.3 Å². The molecule has 0 radical (unpaired) electrons. The largest absolute Gasteiger partial charge is 0.490 e. The van der Waals surface area contributed by atoms with Gasteiger partial charge in [-0.1, -0.05) is 12.1 Å². The number of fused-ring (bicyclic) bond motifs is 2. The van der Waals surface area contributed by atoms with Crippen molar-refractivity contribution in [2.45, 2.75) is 44.2 Å². The van der Waals surface area contributed by atoms with Crippen molar-refractivity contribution in [2.75, 3.05) is 0 Å². The summed E-state index contributed by atoms with van der Waals surface area (Å²) >= 11 is 0. The SMILES string of the molecule is Cn1c(C2CCC(Oc3ccc4c(c3)c(=O)ncn4Cc3c(F)cc(F)cc3F)CC2)nc2ccccc21. The fraction of sp³-hybridized carbons (Fsp3) is 0.276. The van der Waals surface area contributed by atoms with E-state index in [4.69, 9.17) is 9.72 Å². The van der Waals surface area contributed by atoms with Gasteiger partial charge in [0.2, 0.25) is 0 Å². The molecular weight excluding hydrogens is 493 g/mol. The lowest BCUT2D eigenvalue weighted by Crippen LogP contribution is -2.24. The predicted octanol–water partition coefficient (Wildman–Crippen LogP) is 5.85. The van der Waals surface area contributed by atoms with Gasteiger partial charge < -0.3 is 13.9 Å². The highest BCUT2D eigenvalue weighted by molar-refractivity contribution is 5.79. The van der Waals surface area contributed by atoms with Crippen LogP contribution in [0.25, 0.3) is 21.9 Å². The third kappa shape index (κ3) is 4.42. The lowest BCUT2D eigenvalue weighted by atomic mass is 9.86. The highest BCUT2D eigenvalue weighted by Gasteiger charge is 2.27. The van der Waals surface area contributed by atoms with Gasteiger partial charge in [0.05, 0.1) is 40.9 Å². The Balaban J connectivity index is 1.19. The summed E-state index contributed by atoms with van der Waals surface area (Å²) in [5.41, 5.74) is 1.80. The van der Waals surface area contributed by atoms with Gasteiger partial charge >= 0.3 is 0 Å². The molecule has 0 N–H and O–H groups in total. The Kier molecular flexibility index (Phi) is 6.13. The Morgan fingerprint density at radius 2 is 1.68 bits per heavy atom. The Morgan fingerprint density at radius 3 is 2.42 bits per heavy atom. The lowest BCUT2D eigenvalue weighted by molar-refractivity contribution is 0.145. The molecule has 0 spiro atoms. The number of aromatic nitrogens is 4. The first-order valence-corrected chi connectivity index (χ1v) is 12.6. The maximum atomic E-state index is 14.2. The number of imidazole rings is 1. The van der Waals surface area contributed by atoms with Crippen molar-refractivity contribution in [3.8, 4) is 5.75 Å². The number of ether oxygens (including phenoxy) is 1. The molecule has 0 saturated heterocycles. The number of hydrogen-bond acceptors (Lipinski definition) is 4. The van der Waals surface area contributed by atoms with E-state index >= 15 is 0 Å². The fourth-order valence-corrected chi connectivity index (χ4v) is 5.44. The molecule has 9 heteroatoms. The molecule has 38 heavy (non-hydrogen) atoms. The van der Waals surface area contributed by atoms with Crippen molar-refractivity contribution in [3.05, 3.63) is 100 Å². The molecule has 0 aliphatic heterocycles. The summed E-state index contributed by atoms with van der Waals surface area (Å²) in [6.07, 6.45) is 4.82. The topological polar surface area (TPSA) is 61.9 Å². The molecule has 2 heterocycles. The van der Waals surface area contributed by atoms with Crippen molar-refractivity contribution >= 4 is 21.9 Å². The van der Waals surface area contributed by atoms with Crippen LogP contribution >= 0.6 is 0 Å². The molecule has 1 aliphatic carbocycles. The number of para-hydroxylation sites is 2. The highest BCUT2D eigenvalue weighted by Crippen LogP contribution is 2.35. The quantitative estimate of drug-likeness (QED) is 0.293. The van der Waals surface area contributed by atoms with Gasteiger partial charge in [0.25, 0.3) is 5.56 Å². The maximum absolute atomic E-state index is 14.2. The van der Waals surface area contributed by atoms with E-state index < -0.39 is 23.0 Å². The van der Waals surface area contributed by atoms with Crippen LogP contribution in [-0.4, -0.2) is 25.2 Å². The second-order valence-electron chi connectivity index (χ2n) is 9.81. The minimum atomic E-state index is -0.997. The summed E-state index contributed by atoms with van der Waals surface area (Å²) in [6, 6.07) is 14.4. The molecule has 6 rings (SSSR count). The number of halogens is 3. The second-order valence-corrected chi connectivity index (χ2v) is 9.81. The summed E-state index contributed by atoms with van der Waals surface area (Å²) in [5, 5.41) is 0.279. The molecule has 194 valence electrons. The van der Waals surface area contributed by atoms with Gasteiger partial charge in [0.1, 0.15) is 29.0 Å². The Morgan fingerprint density at radius 1 is 0.947 bits per heavy atom. The van der Waals surface area contributed by atoms with Crippen LogP contribution in [-0.2, 0) is 13.6 Å². The third-order valence-electron chi connectivity index (χ3n) is 7.42. The van der Waals surface area contributed by atoms with E-state index in [1.54, 1.807) is 18.2 Å². The zero-order valence-electron chi connectivity index (χ0n) is 20.7. The van der Waals surface area contributed by atoms with Crippen LogP contribution in [0.5, 0.6) is 5.75 Å². The van der Waals surface area contributed by atoms with Crippen LogP contribution in [0, 0.1) is 17.5 Å². The van der Waals surface area contributed by atoms with Gasteiger partial charge in [-0.3, -0.25) is 4.79 Å². The number of benzene rings is 3. The lowest BCUT2D eigenvalue weighted by Gasteiger charge is -2.28. The van der Waals surface area contributed by atoms with E-state index in [2.05, 4.69) is 22.7 Å². The van der Waals surface area contributed by atoms with E-state index in [1.165, 1.54) is 10.9 Å². The molecule has 3 aromatic carbocycles. The normalized spacial score (nSPS) is 17.8. The van der Waals surface area contributed by atoms with Crippen LogP contribution in [0.1, 0.15) is 43.0 Å². The van der Waals surface area contributed by atoms with E-state index in [1.807, 2.05) is 18.2 Å². The molecule has 1 aliphatic rings. The molecule has 2 aromatic heterocycles. The number of nitrogens with zero attached hydrogens (tertiary/aromatic N) is 4. The van der Waals surface area contributed by atoms with E-state index in [9.17, 15) is 18.0 Å². The smallest absolute Gasteiger partial charge is 0.280 e. The van der Waals surface area contributed by atoms with Gasteiger partial charge in [-0.25, -0.2) is 18.2 Å². The van der Waals surface area contributed by atoms with E-state index in [-0.39, 0.29) is 23.6 Å². The zero-order valence-corrected chi connectivity index (χ0v) is 20.7. The van der Waals surface area contributed by atoms with Gasteiger partial charge in [0.15, 0.2) is 0 Å². The third-order valence-corrected chi connectivity index (χ3v) is 7.42. The Labute approximate surface area is 216 Å². The first-order valence-electron chi connectivity index (χ1n) is 12.6. The molecule has 0 atom stereocenters. The van der Waals surface area contributed by atoms with Crippen LogP contribution in [0.4, 0.5) is 13.2 Å². The highest BCUT2D eigenvalue weighted by atomic mass is 19.1. The second kappa shape index (κ2) is 9.63. The molecule has 0 amide bonds. The van der Waals surface area contributed by atoms with Gasteiger partial charge in [-0.05, 0) is 56.0 Å². The minimum absolute atomic E-state index is 0.000289. The monoisotopic (exact) mass is 518 g/mol. The first-order chi connectivity index (χ1) is 18.4. The van der Waals surface area contributed by atoms with Crippen LogP contribution in [0.2, 0.25) is 0 Å².